The van der Waals surface area contributed by atoms with Crippen LogP contribution in [0.2, 0.25) is 0 Å². The first-order valence-corrected chi connectivity index (χ1v) is 23.8. The number of carbonyl (C=O) groups is 2. The number of hydrogen-bond acceptors (Lipinski definition) is 9. The third-order valence-electron chi connectivity index (χ3n) is 8.56. The van der Waals surface area contributed by atoms with E-state index in [0.29, 0.717) is 36.7 Å². The van der Waals surface area contributed by atoms with Crippen molar-refractivity contribution in [3.05, 3.63) is 122 Å². The molecule has 11 heteroatoms. The number of phosphoric acid groups is 1. The number of ether oxygens (including phenoxy) is 2. The fourth-order valence-corrected chi connectivity index (χ4v) is 5.78. The van der Waals surface area contributed by atoms with Gasteiger partial charge in [0, 0.05) is 12.8 Å². The number of rotatable bonds is 38. The van der Waals surface area contributed by atoms with Crippen molar-refractivity contribution < 1.29 is 47.2 Å². The number of likely N-dealkylation sites (N-methyl/N-ethyl adjacent to an activating group) is 1. The highest BCUT2D eigenvalue weighted by molar-refractivity contribution is 7.45. The molecule has 0 aromatic rings. The zero-order valence-corrected chi connectivity index (χ0v) is 39.1. The second-order valence-corrected chi connectivity index (χ2v) is 16.9. The Hall–Kier alpha value is -3.63. The van der Waals surface area contributed by atoms with E-state index in [1.807, 2.05) is 69.8 Å². The summed E-state index contributed by atoms with van der Waals surface area (Å²) in [5, 5.41) is 9.85. The van der Waals surface area contributed by atoms with Crippen molar-refractivity contribution in [3.63, 3.8) is 0 Å². The van der Waals surface area contributed by atoms with Crippen LogP contribution in [0.3, 0.4) is 0 Å². The normalized spacial score (nSPS) is 15.2. The molecule has 0 heterocycles. The molecule has 0 aliphatic heterocycles. The maximum atomic E-state index is 12.7. The molecular weight excluding hydrogens is 790 g/mol. The van der Waals surface area contributed by atoms with Crippen LogP contribution in [0.25, 0.3) is 0 Å². The number of hydrogen-bond donors (Lipinski definition) is 1. The van der Waals surface area contributed by atoms with Crippen LogP contribution in [-0.2, 0) is 32.7 Å². The quantitative estimate of drug-likeness (QED) is 0.0161. The molecule has 0 saturated heterocycles. The van der Waals surface area contributed by atoms with Gasteiger partial charge in [-0.15, -0.1) is 0 Å². The number of nitrogens with zero attached hydrogens (tertiary/aromatic N) is 1. The number of esters is 2. The molecule has 1 N–H and O–H groups in total. The molecular formula is C50H80NO9P. The minimum atomic E-state index is -4.68. The van der Waals surface area contributed by atoms with Gasteiger partial charge in [0.05, 0.1) is 33.9 Å². The number of quaternary nitrogens is 1. The summed E-state index contributed by atoms with van der Waals surface area (Å²) in [6.07, 6.45) is 52.9. The van der Waals surface area contributed by atoms with E-state index >= 15 is 0 Å². The van der Waals surface area contributed by atoms with E-state index < -0.39 is 38.6 Å². The largest absolute Gasteiger partial charge is 0.756 e. The van der Waals surface area contributed by atoms with Crippen molar-refractivity contribution in [1.29, 1.82) is 0 Å². The lowest BCUT2D eigenvalue weighted by atomic mass is 10.2. The summed E-state index contributed by atoms with van der Waals surface area (Å²) in [6, 6.07) is 0. The van der Waals surface area contributed by atoms with E-state index in [4.69, 9.17) is 18.5 Å². The number of aliphatic hydroxyl groups excluding tert-OH is 1. The van der Waals surface area contributed by atoms with Crippen LogP contribution in [0, 0.1) is 0 Å². The van der Waals surface area contributed by atoms with Gasteiger partial charge in [0.15, 0.2) is 6.10 Å². The average Bonchev–Trinajstić information content (AvgIpc) is 3.21. The number of phosphoric ester groups is 1. The van der Waals surface area contributed by atoms with E-state index in [-0.39, 0.29) is 26.1 Å². The Bertz CT molecular complexity index is 1460. The maximum Gasteiger partial charge on any atom is 0.306 e. The number of aliphatic hydroxyl groups is 1. The summed E-state index contributed by atoms with van der Waals surface area (Å²) in [4.78, 5) is 37.5. The summed E-state index contributed by atoms with van der Waals surface area (Å²) < 4.78 is 33.7. The minimum absolute atomic E-state index is 0.0663. The second kappa shape index (κ2) is 40.4. The Kier molecular flexibility index (Phi) is 38.0. The van der Waals surface area contributed by atoms with Gasteiger partial charge in [0.25, 0.3) is 7.82 Å². The molecule has 0 fully saturated rings. The Balaban J connectivity index is 4.63. The van der Waals surface area contributed by atoms with Crippen LogP contribution >= 0.6 is 7.82 Å². The third kappa shape index (κ3) is 44.2. The van der Waals surface area contributed by atoms with E-state index in [2.05, 4.69) is 80.7 Å². The van der Waals surface area contributed by atoms with Gasteiger partial charge in [0.2, 0.25) is 0 Å². The zero-order chi connectivity index (χ0) is 45.1. The summed E-state index contributed by atoms with van der Waals surface area (Å²) >= 11 is 0. The van der Waals surface area contributed by atoms with Crippen LogP contribution in [0.4, 0.5) is 0 Å². The second-order valence-electron chi connectivity index (χ2n) is 15.5. The van der Waals surface area contributed by atoms with Gasteiger partial charge >= 0.3 is 11.9 Å². The van der Waals surface area contributed by atoms with E-state index in [0.717, 1.165) is 51.4 Å². The highest BCUT2D eigenvalue weighted by atomic mass is 31.2. The lowest BCUT2D eigenvalue weighted by molar-refractivity contribution is -0.870. The molecule has 3 atom stereocenters. The molecule has 0 aromatic carbocycles. The first-order valence-electron chi connectivity index (χ1n) is 22.4. The Labute approximate surface area is 370 Å². The molecule has 10 nitrogen and oxygen atoms in total. The van der Waals surface area contributed by atoms with Gasteiger partial charge in [-0.2, -0.15) is 0 Å². The molecule has 0 rings (SSSR count). The van der Waals surface area contributed by atoms with E-state index in [1.54, 1.807) is 6.08 Å². The lowest BCUT2D eigenvalue weighted by Gasteiger charge is -2.28. The smallest absolute Gasteiger partial charge is 0.306 e. The molecule has 344 valence electrons. The van der Waals surface area contributed by atoms with Gasteiger partial charge in [-0.1, -0.05) is 148 Å². The van der Waals surface area contributed by atoms with Crippen LogP contribution in [-0.4, -0.2) is 81.2 Å². The van der Waals surface area contributed by atoms with Crippen molar-refractivity contribution in [2.75, 3.05) is 47.5 Å². The molecule has 0 bridgehead atoms. The van der Waals surface area contributed by atoms with Crippen LogP contribution in [0.5, 0.6) is 0 Å². The fourth-order valence-electron chi connectivity index (χ4n) is 5.05. The van der Waals surface area contributed by atoms with Crippen LogP contribution in [0.15, 0.2) is 122 Å². The molecule has 61 heavy (non-hydrogen) atoms. The summed E-state index contributed by atoms with van der Waals surface area (Å²) in [5.41, 5.74) is 0. The molecule has 0 aliphatic carbocycles. The summed E-state index contributed by atoms with van der Waals surface area (Å²) in [7, 11) is 1.05. The Morgan fingerprint density at radius 3 is 1.72 bits per heavy atom. The number of carbonyl (C=O) groups excluding carboxylic acids is 2. The molecule has 2 unspecified atom stereocenters. The monoisotopic (exact) mass is 870 g/mol. The van der Waals surface area contributed by atoms with Crippen LogP contribution < -0.4 is 4.89 Å². The van der Waals surface area contributed by atoms with Crippen molar-refractivity contribution in [3.8, 4) is 0 Å². The van der Waals surface area contributed by atoms with Crippen molar-refractivity contribution >= 4 is 19.8 Å². The maximum absolute atomic E-state index is 12.7. The molecule has 0 aromatic heterocycles. The van der Waals surface area contributed by atoms with Gasteiger partial charge in [-0.05, 0) is 83.5 Å². The lowest BCUT2D eigenvalue weighted by Crippen LogP contribution is -2.37. The Morgan fingerprint density at radius 2 is 1.16 bits per heavy atom. The van der Waals surface area contributed by atoms with E-state index in [1.165, 1.54) is 19.3 Å². The van der Waals surface area contributed by atoms with Gasteiger partial charge in [-0.25, -0.2) is 0 Å². The molecule has 0 spiro atoms. The van der Waals surface area contributed by atoms with Crippen LogP contribution in [0.1, 0.15) is 123 Å². The molecule has 0 amide bonds. The van der Waals surface area contributed by atoms with Crippen molar-refractivity contribution in [2.45, 2.75) is 135 Å². The van der Waals surface area contributed by atoms with E-state index in [9.17, 15) is 24.2 Å². The zero-order valence-electron chi connectivity index (χ0n) is 38.2. The molecule has 0 aliphatic rings. The third-order valence-corrected chi connectivity index (χ3v) is 9.52. The molecule has 0 radical (unpaired) electrons. The van der Waals surface area contributed by atoms with Gasteiger partial charge in [0.1, 0.15) is 19.8 Å². The molecule has 0 saturated carbocycles. The predicted molar refractivity (Wildman–Crippen MR) is 250 cm³/mol. The number of allylic oxidation sites excluding steroid dienone is 18. The topological polar surface area (TPSA) is 131 Å². The standard InChI is InChI=1S/C50H80NO9P/c1-6-8-10-11-12-13-14-15-16-17-18-21-25-28-31-34-38-42-50(54)60-48(46-59-61(55,56)58-44-43-51(3,4)5)45-57-49(53)41-37-33-30-27-24-22-19-20-23-26-29-32-36-40-47(52)39-35-9-7-2/h9,12-13,15-16,18,20-24,28-33,35-36,40,47-48,52H,6-8,10-11,14,17,19,25-27,34,37-39,41-46H2,1-5H3/b13-12-,16-15-,21-18-,23-20-,24-22-,31-28-,32-29+,33-30-,35-9-,40-36+/t47?,48-/m1/s1. The minimum Gasteiger partial charge on any atom is -0.756 e. The van der Waals surface area contributed by atoms with Gasteiger partial charge in [-0.3, -0.25) is 14.2 Å². The highest BCUT2D eigenvalue weighted by Gasteiger charge is 2.21. The fraction of sp³-hybridized carbons (Fsp3) is 0.560. The van der Waals surface area contributed by atoms with Crippen molar-refractivity contribution in [1.82, 2.24) is 0 Å². The van der Waals surface area contributed by atoms with Gasteiger partial charge < -0.3 is 33.0 Å². The first kappa shape index (κ1) is 57.4. The first-order chi connectivity index (χ1) is 29.4. The predicted octanol–water partition coefficient (Wildman–Crippen LogP) is 11.2. The summed E-state index contributed by atoms with van der Waals surface area (Å²) in [5.74, 6) is -1.03. The Morgan fingerprint density at radius 1 is 0.623 bits per heavy atom. The average molecular weight is 870 g/mol. The summed E-state index contributed by atoms with van der Waals surface area (Å²) in [6.45, 7) is 3.79. The number of unbranched alkanes of at least 4 members (excludes halogenated alkanes) is 4. The highest BCUT2D eigenvalue weighted by Crippen LogP contribution is 2.38. The SMILES string of the molecule is CC/C=C\CC(O)/C=C/C=C/C/C=C\C/C=C\C/C=C\CCC(=O)OC[C@H](COP(=O)([O-])OCC[N+](C)(C)C)OC(=O)CCC/C=C\C/C=C\C/C=C\C/C=C\CCCCC. The van der Waals surface area contributed by atoms with Crippen molar-refractivity contribution in [2.24, 2.45) is 0 Å².